The van der Waals surface area contributed by atoms with Crippen molar-refractivity contribution in [3.05, 3.63) is 70.3 Å². The van der Waals surface area contributed by atoms with Crippen LogP contribution in [0.2, 0.25) is 0 Å². The first-order chi connectivity index (χ1) is 13.8. The highest BCUT2D eigenvalue weighted by Gasteiger charge is 2.15. The number of aromatic nitrogens is 3. The molecule has 0 radical (unpaired) electrons. The standard InChI is InChI=1S/C19H21N5O3S2/c1-3-24-17(21-22-19(24)28)12-20-18(25)14-6-10-16(11-7-14)29(26,27)23-15-8-4-13(2)5-9-15/h4-11,23H,3,12H2,1-2H3,(H,20,25)(H,22,28). The van der Waals surface area contributed by atoms with E-state index in [9.17, 15) is 13.2 Å². The van der Waals surface area contributed by atoms with Gasteiger partial charge in [-0.1, -0.05) is 17.7 Å². The third-order valence-corrected chi connectivity index (χ3v) is 6.00. The molecule has 0 aliphatic rings. The summed E-state index contributed by atoms with van der Waals surface area (Å²) >= 11 is 5.12. The van der Waals surface area contributed by atoms with E-state index in [1.165, 1.54) is 24.3 Å². The Hall–Kier alpha value is -2.98. The third kappa shape index (κ3) is 4.90. The molecule has 0 spiro atoms. The Morgan fingerprint density at radius 3 is 2.41 bits per heavy atom. The Labute approximate surface area is 174 Å². The Morgan fingerprint density at radius 2 is 1.79 bits per heavy atom. The fraction of sp³-hybridized carbons (Fsp3) is 0.211. The lowest BCUT2D eigenvalue weighted by atomic mass is 10.2. The summed E-state index contributed by atoms with van der Waals surface area (Å²) in [5.41, 5.74) is 1.85. The molecule has 29 heavy (non-hydrogen) atoms. The molecule has 1 amide bonds. The van der Waals surface area contributed by atoms with E-state index in [0.29, 0.717) is 28.4 Å². The highest BCUT2D eigenvalue weighted by atomic mass is 32.2. The molecule has 1 heterocycles. The second-order valence-corrected chi connectivity index (χ2v) is 8.44. The van der Waals surface area contributed by atoms with E-state index in [2.05, 4.69) is 20.2 Å². The number of rotatable bonds is 7. The Balaban J connectivity index is 1.67. The first kappa shape index (κ1) is 20.7. The van der Waals surface area contributed by atoms with Crippen molar-refractivity contribution in [2.24, 2.45) is 0 Å². The van der Waals surface area contributed by atoms with Gasteiger partial charge in [0, 0.05) is 17.8 Å². The van der Waals surface area contributed by atoms with Crippen molar-refractivity contribution in [3.8, 4) is 0 Å². The average Bonchev–Trinajstić information content (AvgIpc) is 3.07. The first-order valence-electron chi connectivity index (χ1n) is 8.92. The van der Waals surface area contributed by atoms with Crippen molar-refractivity contribution in [2.45, 2.75) is 31.8 Å². The van der Waals surface area contributed by atoms with Gasteiger partial charge in [-0.3, -0.25) is 14.6 Å². The van der Waals surface area contributed by atoms with Crippen LogP contribution in [-0.4, -0.2) is 29.1 Å². The highest BCUT2D eigenvalue weighted by molar-refractivity contribution is 7.92. The lowest BCUT2D eigenvalue weighted by molar-refractivity contribution is 0.0949. The van der Waals surface area contributed by atoms with E-state index in [0.717, 1.165) is 5.56 Å². The Bertz CT molecular complexity index is 1160. The molecule has 152 valence electrons. The van der Waals surface area contributed by atoms with Crippen LogP contribution in [0.4, 0.5) is 5.69 Å². The maximum atomic E-state index is 12.5. The quantitative estimate of drug-likeness (QED) is 0.498. The van der Waals surface area contributed by atoms with Crippen molar-refractivity contribution in [1.82, 2.24) is 20.1 Å². The smallest absolute Gasteiger partial charge is 0.261 e. The summed E-state index contributed by atoms with van der Waals surface area (Å²) in [4.78, 5) is 12.4. The van der Waals surface area contributed by atoms with Gasteiger partial charge in [0.05, 0.1) is 11.4 Å². The average molecular weight is 432 g/mol. The zero-order valence-corrected chi connectivity index (χ0v) is 17.6. The van der Waals surface area contributed by atoms with Gasteiger partial charge in [-0.2, -0.15) is 5.10 Å². The Kier molecular flexibility index (Phi) is 6.14. The molecule has 0 atom stereocenters. The summed E-state index contributed by atoms with van der Waals surface area (Å²) in [7, 11) is -3.74. The SMILES string of the molecule is CCn1c(CNC(=O)c2ccc(S(=O)(=O)Nc3ccc(C)cc3)cc2)n[nH]c1=S. The fourth-order valence-corrected chi connectivity index (χ4v) is 4.03. The number of hydrogen-bond donors (Lipinski definition) is 3. The molecule has 1 aromatic heterocycles. The maximum Gasteiger partial charge on any atom is 0.261 e. The molecule has 2 aromatic carbocycles. The second-order valence-electron chi connectivity index (χ2n) is 6.37. The number of benzene rings is 2. The summed E-state index contributed by atoms with van der Waals surface area (Å²) in [5, 5.41) is 9.53. The number of anilines is 1. The lowest BCUT2D eigenvalue weighted by Crippen LogP contribution is -2.24. The maximum absolute atomic E-state index is 12.5. The molecular weight excluding hydrogens is 410 g/mol. The summed E-state index contributed by atoms with van der Waals surface area (Å²) in [5.74, 6) is 0.282. The summed E-state index contributed by atoms with van der Waals surface area (Å²) in [6.45, 7) is 4.70. The fourth-order valence-electron chi connectivity index (χ4n) is 2.69. The van der Waals surface area contributed by atoms with Crippen LogP contribution in [0.15, 0.2) is 53.4 Å². The molecular formula is C19H21N5O3S2. The molecule has 0 unspecified atom stereocenters. The monoisotopic (exact) mass is 431 g/mol. The minimum Gasteiger partial charge on any atom is -0.345 e. The van der Waals surface area contributed by atoms with Crippen LogP contribution in [0.3, 0.4) is 0 Å². The molecule has 3 N–H and O–H groups in total. The van der Waals surface area contributed by atoms with Crippen LogP contribution in [0.5, 0.6) is 0 Å². The van der Waals surface area contributed by atoms with Crippen LogP contribution in [0.1, 0.15) is 28.7 Å². The van der Waals surface area contributed by atoms with Gasteiger partial charge in [0.15, 0.2) is 10.6 Å². The van der Waals surface area contributed by atoms with Gasteiger partial charge in [0.2, 0.25) is 0 Å². The molecule has 10 heteroatoms. The number of aryl methyl sites for hydroxylation is 1. The molecule has 0 saturated carbocycles. The largest absolute Gasteiger partial charge is 0.345 e. The van der Waals surface area contributed by atoms with Crippen molar-refractivity contribution >= 4 is 33.8 Å². The molecule has 3 aromatic rings. The number of aromatic amines is 1. The molecule has 0 bridgehead atoms. The molecule has 8 nitrogen and oxygen atoms in total. The molecule has 0 saturated heterocycles. The van der Waals surface area contributed by atoms with Crippen molar-refractivity contribution in [1.29, 1.82) is 0 Å². The zero-order valence-electron chi connectivity index (χ0n) is 16.0. The van der Waals surface area contributed by atoms with Gasteiger partial charge in [0.25, 0.3) is 15.9 Å². The molecule has 3 rings (SSSR count). The number of amides is 1. The Morgan fingerprint density at radius 1 is 1.14 bits per heavy atom. The summed E-state index contributed by atoms with van der Waals surface area (Å²) < 4.78 is 29.8. The second kappa shape index (κ2) is 8.58. The van der Waals surface area contributed by atoms with Gasteiger partial charge in [0.1, 0.15) is 0 Å². The van der Waals surface area contributed by atoms with E-state index >= 15 is 0 Å². The summed E-state index contributed by atoms with van der Waals surface area (Å²) in [6.07, 6.45) is 0. The minimum atomic E-state index is -3.74. The normalized spacial score (nSPS) is 11.2. The van der Waals surface area contributed by atoms with Crippen molar-refractivity contribution < 1.29 is 13.2 Å². The number of carbonyl (C=O) groups excluding carboxylic acids is 1. The predicted octanol–water partition coefficient (Wildman–Crippen LogP) is 3.00. The predicted molar refractivity (Wildman–Crippen MR) is 113 cm³/mol. The van der Waals surface area contributed by atoms with Gasteiger partial charge in [-0.15, -0.1) is 0 Å². The van der Waals surface area contributed by atoms with E-state index < -0.39 is 10.0 Å². The highest BCUT2D eigenvalue weighted by Crippen LogP contribution is 2.17. The van der Waals surface area contributed by atoms with Gasteiger partial charge < -0.3 is 9.88 Å². The van der Waals surface area contributed by atoms with Crippen LogP contribution in [-0.2, 0) is 23.1 Å². The lowest BCUT2D eigenvalue weighted by Gasteiger charge is -2.09. The van der Waals surface area contributed by atoms with Gasteiger partial charge >= 0.3 is 0 Å². The number of nitrogens with one attached hydrogen (secondary N) is 3. The zero-order chi connectivity index (χ0) is 21.0. The van der Waals surface area contributed by atoms with Crippen molar-refractivity contribution in [2.75, 3.05) is 4.72 Å². The van der Waals surface area contributed by atoms with E-state index in [-0.39, 0.29) is 17.3 Å². The van der Waals surface area contributed by atoms with E-state index in [1.807, 2.05) is 26.0 Å². The number of carbonyl (C=O) groups is 1. The van der Waals surface area contributed by atoms with Crippen LogP contribution >= 0.6 is 12.2 Å². The number of sulfonamides is 1. The topological polar surface area (TPSA) is 109 Å². The number of nitrogens with zero attached hydrogens (tertiary/aromatic N) is 2. The minimum absolute atomic E-state index is 0.0708. The van der Waals surface area contributed by atoms with E-state index in [4.69, 9.17) is 12.2 Å². The van der Waals surface area contributed by atoms with Crippen molar-refractivity contribution in [3.63, 3.8) is 0 Å². The van der Waals surface area contributed by atoms with Gasteiger partial charge in [-0.05, 0) is 62.5 Å². The molecule has 0 aliphatic heterocycles. The number of hydrogen-bond acceptors (Lipinski definition) is 5. The van der Waals surface area contributed by atoms with Gasteiger partial charge in [-0.25, -0.2) is 8.42 Å². The molecule has 0 fully saturated rings. The molecule has 0 aliphatic carbocycles. The first-order valence-corrected chi connectivity index (χ1v) is 10.8. The van der Waals surface area contributed by atoms with Crippen LogP contribution in [0, 0.1) is 11.7 Å². The number of H-pyrrole nitrogens is 1. The van der Waals surface area contributed by atoms with Crippen LogP contribution < -0.4 is 10.0 Å². The third-order valence-electron chi connectivity index (χ3n) is 4.29. The summed E-state index contributed by atoms with van der Waals surface area (Å²) in [6, 6.07) is 12.8. The van der Waals surface area contributed by atoms with Crippen LogP contribution in [0.25, 0.3) is 0 Å². The van der Waals surface area contributed by atoms with E-state index in [1.54, 1.807) is 16.7 Å².